The largest absolute Gasteiger partial charge is 0.278 e. The SMILES string of the molecule is CC1CC2C(=O)N(Cc3cc(F)cc(C#N)c3)C(=O)C2C1. The number of nitrogens with zero attached hydrogens (tertiary/aromatic N) is 2. The van der Waals surface area contributed by atoms with Crippen molar-refractivity contribution >= 4 is 11.8 Å². The van der Waals surface area contributed by atoms with E-state index >= 15 is 0 Å². The van der Waals surface area contributed by atoms with Crippen molar-refractivity contribution in [2.45, 2.75) is 26.3 Å². The predicted molar refractivity (Wildman–Crippen MR) is 72.1 cm³/mol. The molecule has 2 aliphatic rings. The molecular weight excluding hydrogens is 271 g/mol. The van der Waals surface area contributed by atoms with Crippen LogP contribution in [0.25, 0.3) is 0 Å². The van der Waals surface area contributed by atoms with Gasteiger partial charge in [-0.2, -0.15) is 5.26 Å². The van der Waals surface area contributed by atoms with Crippen molar-refractivity contribution in [3.8, 4) is 6.07 Å². The molecule has 1 aromatic carbocycles. The van der Waals surface area contributed by atoms with Gasteiger partial charge in [0, 0.05) is 0 Å². The van der Waals surface area contributed by atoms with Crippen LogP contribution in [0, 0.1) is 34.9 Å². The van der Waals surface area contributed by atoms with Crippen molar-refractivity contribution in [1.29, 1.82) is 5.26 Å². The average molecular weight is 286 g/mol. The zero-order valence-electron chi connectivity index (χ0n) is 11.7. The van der Waals surface area contributed by atoms with E-state index in [0.29, 0.717) is 11.5 Å². The minimum absolute atomic E-state index is 0.0471. The summed E-state index contributed by atoms with van der Waals surface area (Å²) in [5.41, 5.74) is 0.666. The van der Waals surface area contributed by atoms with Crippen LogP contribution < -0.4 is 0 Å². The molecule has 108 valence electrons. The Morgan fingerprint density at radius 2 is 1.86 bits per heavy atom. The van der Waals surface area contributed by atoms with Gasteiger partial charge < -0.3 is 0 Å². The molecule has 1 saturated heterocycles. The minimum Gasteiger partial charge on any atom is -0.278 e. The number of nitriles is 1. The fourth-order valence-corrected chi connectivity index (χ4v) is 3.49. The molecule has 2 atom stereocenters. The van der Waals surface area contributed by atoms with Gasteiger partial charge in [-0.15, -0.1) is 0 Å². The van der Waals surface area contributed by atoms with Crippen LogP contribution in [0.2, 0.25) is 0 Å². The molecule has 2 amide bonds. The van der Waals surface area contributed by atoms with Gasteiger partial charge in [-0.1, -0.05) is 6.92 Å². The number of benzene rings is 1. The number of rotatable bonds is 2. The Labute approximate surface area is 122 Å². The van der Waals surface area contributed by atoms with Crippen molar-refractivity contribution in [3.05, 3.63) is 35.1 Å². The summed E-state index contributed by atoms with van der Waals surface area (Å²) in [5.74, 6) is -0.867. The van der Waals surface area contributed by atoms with Crippen LogP contribution in [0.15, 0.2) is 18.2 Å². The van der Waals surface area contributed by atoms with E-state index < -0.39 is 5.82 Å². The topological polar surface area (TPSA) is 61.2 Å². The van der Waals surface area contributed by atoms with Crippen LogP contribution in [-0.4, -0.2) is 16.7 Å². The van der Waals surface area contributed by atoms with Crippen molar-refractivity contribution in [2.75, 3.05) is 0 Å². The van der Waals surface area contributed by atoms with Crippen LogP contribution >= 0.6 is 0 Å². The molecule has 1 aromatic rings. The monoisotopic (exact) mass is 286 g/mol. The van der Waals surface area contributed by atoms with E-state index in [1.54, 1.807) is 0 Å². The van der Waals surface area contributed by atoms with Crippen LogP contribution in [0.4, 0.5) is 4.39 Å². The average Bonchev–Trinajstić information content (AvgIpc) is 2.92. The summed E-state index contributed by atoms with van der Waals surface area (Å²) in [5, 5.41) is 8.85. The number of carbonyl (C=O) groups is 2. The van der Waals surface area contributed by atoms with Crippen LogP contribution in [0.5, 0.6) is 0 Å². The molecule has 5 heteroatoms. The molecule has 1 aliphatic heterocycles. The third-order valence-electron chi connectivity index (χ3n) is 4.39. The minimum atomic E-state index is -0.531. The number of imide groups is 1. The second-order valence-electron chi connectivity index (χ2n) is 6.01. The van der Waals surface area contributed by atoms with Gasteiger partial charge in [0.15, 0.2) is 0 Å². The first kappa shape index (κ1) is 13.7. The van der Waals surface area contributed by atoms with Gasteiger partial charge in [-0.3, -0.25) is 14.5 Å². The molecule has 3 rings (SSSR count). The molecule has 1 saturated carbocycles. The lowest BCUT2D eigenvalue weighted by atomic mass is 10.00. The first-order chi connectivity index (χ1) is 9.99. The number of carbonyl (C=O) groups excluding carboxylic acids is 2. The standard InChI is InChI=1S/C16H15FN2O2/c1-9-2-13-14(3-9)16(21)19(15(13)20)8-11-4-10(7-18)5-12(17)6-11/h4-6,9,13-14H,2-3,8H2,1H3. The number of halogens is 1. The number of amides is 2. The van der Waals surface area contributed by atoms with E-state index in [1.165, 1.54) is 17.0 Å². The smallest absolute Gasteiger partial charge is 0.233 e. The van der Waals surface area contributed by atoms with Gasteiger partial charge in [-0.05, 0) is 42.5 Å². The molecule has 0 spiro atoms. The Balaban J connectivity index is 1.83. The quantitative estimate of drug-likeness (QED) is 0.783. The molecule has 0 aromatic heterocycles. The van der Waals surface area contributed by atoms with E-state index in [0.717, 1.165) is 18.9 Å². The molecule has 2 unspecified atom stereocenters. The summed E-state index contributed by atoms with van der Waals surface area (Å²) < 4.78 is 13.4. The number of hydrogen-bond acceptors (Lipinski definition) is 3. The highest BCUT2D eigenvalue weighted by atomic mass is 19.1. The Hall–Kier alpha value is -2.22. The van der Waals surface area contributed by atoms with E-state index in [9.17, 15) is 14.0 Å². The fourth-order valence-electron chi connectivity index (χ4n) is 3.49. The third kappa shape index (κ3) is 2.31. The highest BCUT2D eigenvalue weighted by Crippen LogP contribution is 2.43. The highest BCUT2D eigenvalue weighted by molar-refractivity contribution is 6.05. The van der Waals surface area contributed by atoms with Gasteiger partial charge in [0.2, 0.25) is 11.8 Å². The predicted octanol–water partition coefficient (Wildman–Crippen LogP) is 2.23. The Bertz CT molecular complexity index is 641. The van der Waals surface area contributed by atoms with Gasteiger partial charge >= 0.3 is 0 Å². The lowest BCUT2D eigenvalue weighted by molar-refractivity contribution is -0.141. The molecule has 4 nitrogen and oxygen atoms in total. The number of likely N-dealkylation sites (tertiary alicyclic amines) is 1. The molecule has 0 bridgehead atoms. The summed E-state index contributed by atoms with van der Waals surface area (Å²) in [4.78, 5) is 25.9. The second-order valence-corrected chi connectivity index (χ2v) is 6.01. The van der Waals surface area contributed by atoms with Crippen molar-refractivity contribution in [1.82, 2.24) is 4.90 Å². The molecule has 2 fully saturated rings. The van der Waals surface area contributed by atoms with E-state index in [1.807, 2.05) is 6.07 Å². The van der Waals surface area contributed by atoms with E-state index in [-0.39, 0.29) is 35.8 Å². The van der Waals surface area contributed by atoms with Crippen LogP contribution in [-0.2, 0) is 16.1 Å². The maximum Gasteiger partial charge on any atom is 0.233 e. The molecular formula is C16H15FN2O2. The zero-order valence-corrected chi connectivity index (χ0v) is 11.7. The van der Waals surface area contributed by atoms with Gasteiger partial charge in [0.05, 0.1) is 30.0 Å². The molecule has 0 radical (unpaired) electrons. The summed E-state index contributed by atoms with van der Waals surface area (Å²) in [6, 6.07) is 5.78. The summed E-state index contributed by atoms with van der Waals surface area (Å²) in [7, 11) is 0. The highest BCUT2D eigenvalue weighted by Gasteiger charge is 2.51. The lowest BCUT2D eigenvalue weighted by Crippen LogP contribution is -2.31. The van der Waals surface area contributed by atoms with Crippen molar-refractivity contribution in [2.24, 2.45) is 17.8 Å². The maximum absolute atomic E-state index is 13.4. The number of fused-ring (bicyclic) bond motifs is 1. The van der Waals surface area contributed by atoms with Crippen molar-refractivity contribution in [3.63, 3.8) is 0 Å². The van der Waals surface area contributed by atoms with Crippen LogP contribution in [0.3, 0.4) is 0 Å². The first-order valence-corrected chi connectivity index (χ1v) is 7.04. The van der Waals surface area contributed by atoms with E-state index in [2.05, 4.69) is 6.92 Å². The Kier molecular flexibility index (Phi) is 3.25. The third-order valence-corrected chi connectivity index (χ3v) is 4.39. The van der Waals surface area contributed by atoms with Gasteiger partial charge in [0.1, 0.15) is 5.82 Å². The van der Waals surface area contributed by atoms with Crippen molar-refractivity contribution < 1.29 is 14.0 Å². The normalized spacial score (nSPS) is 27.9. The van der Waals surface area contributed by atoms with Gasteiger partial charge in [0.25, 0.3) is 0 Å². The summed E-state index contributed by atoms with van der Waals surface area (Å²) in [6.45, 7) is 2.10. The zero-order chi connectivity index (χ0) is 15.1. The van der Waals surface area contributed by atoms with Crippen LogP contribution in [0.1, 0.15) is 30.9 Å². The molecule has 21 heavy (non-hydrogen) atoms. The Morgan fingerprint density at radius 1 is 1.24 bits per heavy atom. The lowest BCUT2D eigenvalue weighted by Gasteiger charge is -2.17. The Morgan fingerprint density at radius 3 is 2.43 bits per heavy atom. The van der Waals surface area contributed by atoms with E-state index in [4.69, 9.17) is 5.26 Å². The second kappa shape index (κ2) is 4.96. The molecule has 1 heterocycles. The maximum atomic E-state index is 13.4. The van der Waals surface area contributed by atoms with Gasteiger partial charge in [-0.25, -0.2) is 4.39 Å². The summed E-state index contributed by atoms with van der Waals surface area (Å²) in [6.07, 6.45) is 1.50. The first-order valence-electron chi connectivity index (χ1n) is 7.04. The fraction of sp³-hybridized carbons (Fsp3) is 0.438. The molecule has 1 aliphatic carbocycles. The number of hydrogen-bond donors (Lipinski definition) is 0. The summed E-state index contributed by atoms with van der Waals surface area (Å²) >= 11 is 0. The molecule has 0 N–H and O–H groups in total.